The summed E-state index contributed by atoms with van der Waals surface area (Å²) in [6, 6.07) is 0.0316. The van der Waals surface area contributed by atoms with Crippen LogP contribution in [0.15, 0.2) is 0 Å². The van der Waals surface area contributed by atoms with Gasteiger partial charge in [-0.15, -0.1) is 0 Å². The van der Waals surface area contributed by atoms with E-state index in [9.17, 15) is 19.5 Å². The lowest BCUT2D eigenvalue weighted by Gasteiger charge is -2.40. The van der Waals surface area contributed by atoms with E-state index in [-0.39, 0.29) is 36.2 Å². The second kappa shape index (κ2) is 9.92. The number of aliphatic carboxylic acids is 1. The van der Waals surface area contributed by atoms with E-state index in [1.54, 1.807) is 6.92 Å². The van der Waals surface area contributed by atoms with Gasteiger partial charge in [-0.05, 0) is 45.1 Å². The minimum atomic E-state index is -0.764. The number of hydrogen-bond donors (Lipinski definition) is 2. The van der Waals surface area contributed by atoms with Crippen LogP contribution in [0.5, 0.6) is 0 Å². The number of nitrogens with one attached hydrogen (secondary N) is 1. The van der Waals surface area contributed by atoms with Crippen molar-refractivity contribution in [2.45, 2.75) is 46.1 Å². The first-order valence-corrected chi connectivity index (χ1v) is 10.0. The molecule has 2 fully saturated rings. The minimum absolute atomic E-state index is 0.0566. The summed E-state index contributed by atoms with van der Waals surface area (Å²) in [5.74, 6) is -0.335. The zero-order valence-electron chi connectivity index (χ0n) is 16.8. The number of carbonyl (C=O) groups is 3. The van der Waals surface area contributed by atoms with Crippen molar-refractivity contribution in [2.75, 3.05) is 45.8 Å². The summed E-state index contributed by atoms with van der Waals surface area (Å²) in [5, 5.41) is 12.2. The van der Waals surface area contributed by atoms with Crippen LogP contribution in [0.2, 0.25) is 0 Å². The molecular weight excluding hydrogens is 348 g/mol. The molecule has 27 heavy (non-hydrogen) atoms. The van der Waals surface area contributed by atoms with Crippen LogP contribution in [-0.2, 0) is 9.59 Å². The molecule has 2 aliphatic rings. The Bertz CT molecular complexity index is 532. The Hall–Kier alpha value is -1.83. The molecule has 0 radical (unpaired) electrons. The molecule has 2 aliphatic heterocycles. The Morgan fingerprint density at radius 3 is 2.26 bits per heavy atom. The number of carbonyl (C=O) groups excluding carboxylic acids is 2. The molecule has 2 atom stereocenters. The van der Waals surface area contributed by atoms with Crippen LogP contribution in [0, 0.1) is 11.8 Å². The third kappa shape index (κ3) is 6.68. The van der Waals surface area contributed by atoms with Crippen LogP contribution >= 0.6 is 0 Å². The molecule has 0 aromatic heterocycles. The number of rotatable bonds is 6. The van der Waals surface area contributed by atoms with Crippen LogP contribution in [0.1, 0.15) is 40.0 Å². The molecule has 2 heterocycles. The number of likely N-dealkylation sites (tertiary alicyclic amines) is 1. The molecular formula is C19H34N4O4. The number of carboxylic acids is 1. The van der Waals surface area contributed by atoms with Crippen molar-refractivity contribution in [3.8, 4) is 0 Å². The normalized spacial score (nSPS) is 24.1. The highest BCUT2D eigenvalue weighted by atomic mass is 16.4. The van der Waals surface area contributed by atoms with Gasteiger partial charge in [0.1, 0.15) is 0 Å². The summed E-state index contributed by atoms with van der Waals surface area (Å²) < 4.78 is 0. The van der Waals surface area contributed by atoms with Gasteiger partial charge in [-0.3, -0.25) is 14.5 Å². The van der Waals surface area contributed by atoms with Gasteiger partial charge in [-0.2, -0.15) is 0 Å². The molecule has 3 amide bonds. The van der Waals surface area contributed by atoms with Gasteiger partial charge in [-0.25, -0.2) is 4.79 Å². The summed E-state index contributed by atoms with van der Waals surface area (Å²) in [7, 11) is 0. The van der Waals surface area contributed by atoms with Gasteiger partial charge in [-0.1, -0.05) is 0 Å². The van der Waals surface area contributed by atoms with Crippen LogP contribution in [0.4, 0.5) is 4.79 Å². The van der Waals surface area contributed by atoms with Gasteiger partial charge in [0, 0.05) is 58.7 Å². The van der Waals surface area contributed by atoms with Crippen molar-refractivity contribution in [3.05, 3.63) is 0 Å². The number of amides is 3. The van der Waals surface area contributed by atoms with Crippen molar-refractivity contribution in [1.29, 1.82) is 0 Å². The van der Waals surface area contributed by atoms with Crippen LogP contribution in [0.25, 0.3) is 0 Å². The van der Waals surface area contributed by atoms with Gasteiger partial charge < -0.3 is 20.2 Å². The number of piperazine rings is 1. The van der Waals surface area contributed by atoms with E-state index in [0.29, 0.717) is 13.1 Å². The maximum Gasteiger partial charge on any atom is 0.317 e. The molecule has 2 N–H and O–H groups in total. The quantitative estimate of drug-likeness (QED) is 0.717. The molecule has 8 heteroatoms. The average Bonchev–Trinajstić information content (AvgIpc) is 2.60. The predicted octanol–water partition coefficient (Wildman–Crippen LogP) is 1.07. The first kappa shape index (κ1) is 21.5. The molecule has 0 spiro atoms. The maximum atomic E-state index is 12.3. The van der Waals surface area contributed by atoms with Gasteiger partial charge >= 0.3 is 12.0 Å². The lowest BCUT2D eigenvalue weighted by atomic mass is 9.81. The SMILES string of the molecule is CC(=O)N1CCN(CCC2CN(C(=O)NC(C)C)CCC2CC(=O)O)CC1. The Labute approximate surface area is 161 Å². The van der Waals surface area contributed by atoms with Crippen LogP contribution in [0.3, 0.4) is 0 Å². The lowest BCUT2D eigenvalue weighted by Crippen LogP contribution is -2.51. The molecule has 2 saturated heterocycles. The monoisotopic (exact) mass is 382 g/mol. The number of piperidine rings is 1. The molecule has 0 saturated carbocycles. The van der Waals surface area contributed by atoms with Gasteiger partial charge in [0.05, 0.1) is 0 Å². The molecule has 2 rings (SSSR count). The molecule has 8 nitrogen and oxygen atoms in total. The summed E-state index contributed by atoms with van der Waals surface area (Å²) in [5.41, 5.74) is 0. The Balaban J connectivity index is 1.89. The van der Waals surface area contributed by atoms with Crippen molar-refractivity contribution in [1.82, 2.24) is 20.0 Å². The standard InChI is InChI=1S/C19H34N4O4/c1-14(2)20-19(27)23-7-5-16(12-18(25)26)17(13-23)4-6-21-8-10-22(11-9-21)15(3)24/h14,16-17H,4-13H2,1-3H3,(H,20,27)(H,25,26). The Kier molecular flexibility index (Phi) is 7.89. The van der Waals surface area contributed by atoms with Crippen LogP contribution < -0.4 is 5.32 Å². The smallest absolute Gasteiger partial charge is 0.317 e. The molecule has 0 bridgehead atoms. The largest absolute Gasteiger partial charge is 0.481 e. The third-order valence-corrected chi connectivity index (χ3v) is 5.66. The lowest BCUT2D eigenvalue weighted by molar-refractivity contribution is -0.139. The third-order valence-electron chi connectivity index (χ3n) is 5.66. The summed E-state index contributed by atoms with van der Waals surface area (Å²) in [4.78, 5) is 41.1. The molecule has 0 aromatic carbocycles. The van der Waals surface area contributed by atoms with E-state index in [2.05, 4.69) is 10.2 Å². The highest BCUT2D eigenvalue weighted by molar-refractivity contribution is 5.74. The summed E-state index contributed by atoms with van der Waals surface area (Å²) >= 11 is 0. The van der Waals surface area contributed by atoms with Crippen molar-refractivity contribution >= 4 is 17.9 Å². The predicted molar refractivity (Wildman–Crippen MR) is 102 cm³/mol. The van der Waals surface area contributed by atoms with E-state index >= 15 is 0 Å². The number of hydrogen-bond acceptors (Lipinski definition) is 4. The zero-order chi connectivity index (χ0) is 20.0. The van der Waals surface area contributed by atoms with Crippen molar-refractivity contribution in [2.24, 2.45) is 11.8 Å². The van der Waals surface area contributed by atoms with Gasteiger partial charge in [0.25, 0.3) is 0 Å². The first-order valence-electron chi connectivity index (χ1n) is 10.0. The second-order valence-corrected chi connectivity index (χ2v) is 8.09. The Morgan fingerprint density at radius 1 is 1.04 bits per heavy atom. The van der Waals surface area contributed by atoms with Crippen LogP contribution in [-0.4, -0.2) is 89.6 Å². The molecule has 2 unspecified atom stereocenters. The summed E-state index contributed by atoms with van der Waals surface area (Å²) in [6.45, 7) is 10.8. The van der Waals surface area contributed by atoms with E-state index < -0.39 is 5.97 Å². The second-order valence-electron chi connectivity index (χ2n) is 8.09. The Morgan fingerprint density at radius 2 is 1.70 bits per heavy atom. The molecule has 0 aliphatic carbocycles. The minimum Gasteiger partial charge on any atom is -0.481 e. The zero-order valence-corrected chi connectivity index (χ0v) is 16.8. The van der Waals surface area contributed by atoms with E-state index in [1.807, 2.05) is 23.6 Å². The summed E-state index contributed by atoms with van der Waals surface area (Å²) in [6.07, 6.45) is 1.78. The van der Waals surface area contributed by atoms with Crippen molar-refractivity contribution in [3.63, 3.8) is 0 Å². The fourth-order valence-corrected chi connectivity index (χ4v) is 4.06. The molecule has 154 valence electrons. The first-order chi connectivity index (χ1) is 12.8. The van der Waals surface area contributed by atoms with Gasteiger partial charge in [0.15, 0.2) is 0 Å². The fourth-order valence-electron chi connectivity index (χ4n) is 4.06. The van der Waals surface area contributed by atoms with Gasteiger partial charge in [0.2, 0.25) is 5.91 Å². The highest BCUT2D eigenvalue weighted by Gasteiger charge is 2.33. The number of urea groups is 1. The number of nitrogens with zero attached hydrogens (tertiary/aromatic N) is 3. The highest BCUT2D eigenvalue weighted by Crippen LogP contribution is 2.29. The number of carboxylic acid groups (broad SMARTS) is 1. The maximum absolute atomic E-state index is 12.3. The van der Waals surface area contributed by atoms with E-state index in [0.717, 1.165) is 45.6 Å². The molecule has 0 aromatic rings. The van der Waals surface area contributed by atoms with E-state index in [1.165, 1.54) is 0 Å². The topological polar surface area (TPSA) is 93.2 Å². The average molecular weight is 383 g/mol. The fraction of sp³-hybridized carbons (Fsp3) is 0.842. The van der Waals surface area contributed by atoms with Crippen molar-refractivity contribution < 1.29 is 19.5 Å². The van der Waals surface area contributed by atoms with E-state index in [4.69, 9.17) is 0 Å².